The van der Waals surface area contributed by atoms with Gasteiger partial charge in [0.1, 0.15) is 0 Å². The van der Waals surface area contributed by atoms with Gasteiger partial charge in [0.05, 0.1) is 12.7 Å². The van der Waals surface area contributed by atoms with Crippen molar-refractivity contribution in [3.63, 3.8) is 0 Å². The number of carboxylic acid groups (broad SMARTS) is 1. The molecule has 1 heterocycles. The van der Waals surface area contributed by atoms with Crippen LogP contribution in [0.4, 0.5) is 0 Å². The van der Waals surface area contributed by atoms with Crippen molar-refractivity contribution in [1.82, 2.24) is 0 Å². The number of rotatable bonds is 8. The molecule has 3 nitrogen and oxygen atoms in total. The number of carboxylic acids is 1. The maximum absolute atomic E-state index is 10.7. The topological polar surface area (TPSA) is 49.8 Å². The fourth-order valence-electron chi connectivity index (χ4n) is 1.59. The van der Waals surface area contributed by atoms with Crippen molar-refractivity contribution in [2.45, 2.75) is 51.6 Å². The summed E-state index contributed by atoms with van der Waals surface area (Å²) in [6.07, 6.45) is 8.53. The molecule has 15 heavy (non-hydrogen) atoms. The SMILES string of the molecule is CCC(=CCCCCCC1CO1)C(=O)O. The first-order valence-electron chi connectivity index (χ1n) is 5.78. The van der Waals surface area contributed by atoms with E-state index in [1.807, 2.05) is 13.0 Å². The average molecular weight is 212 g/mol. The minimum atomic E-state index is -0.774. The summed E-state index contributed by atoms with van der Waals surface area (Å²) in [7, 11) is 0. The number of hydrogen-bond donors (Lipinski definition) is 1. The summed E-state index contributed by atoms with van der Waals surface area (Å²) in [6.45, 7) is 2.82. The van der Waals surface area contributed by atoms with Crippen LogP contribution >= 0.6 is 0 Å². The fraction of sp³-hybridized carbons (Fsp3) is 0.750. The second-order valence-corrected chi connectivity index (χ2v) is 3.98. The molecule has 0 saturated carbocycles. The van der Waals surface area contributed by atoms with Crippen LogP contribution in [0.25, 0.3) is 0 Å². The fourth-order valence-corrected chi connectivity index (χ4v) is 1.59. The normalized spacial score (nSPS) is 20.3. The highest BCUT2D eigenvalue weighted by Crippen LogP contribution is 2.17. The van der Waals surface area contributed by atoms with Crippen LogP contribution in [0.5, 0.6) is 0 Å². The predicted molar refractivity (Wildman–Crippen MR) is 58.8 cm³/mol. The van der Waals surface area contributed by atoms with Crippen molar-refractivity contribution in [1.29, 1.82) is 0 Å². The van der Waals surface area contributed by atoms with E-state index in [1.54, 1.807) is 0 Å². The van der Waals surface area contributed by atoms with Gasteiger partial charge in [-0.25, -0.2) is 4.79 Å². The van der Waals surface area contributed by atoms with E-state index >= 15 is 0 Å². The summed E-state index contributed by atoms with van der Waals surface area (Å²) < 4.78 is 5.11. The zero-order chi connectivity index (χ0) is 11.1. The van der Waals surface area contributed by atoms with E-state index in [0.29, 0.717) is 18.1 Å². The summed E-state index contributed by atoms with van der Waals surface area (Å²) in [6, 6.07) is 0. The Hall–Kier alpha value is -0.830. The van der Waals surface area contributed by atoms with Gasteiger partial charge >= 0.3 is 5.97 Å². The molecule has 1 fully saturated rings. The van der Waals surface area contributed by atoms with Crippen LogP contribution in [-0.4, -0.2) is 23.8 Å². The second-order valence-electron chi connectivity index (χ2n) is 3.98. The maximum atomic E-state index is 10.7. The summed E-state index contributed by atoms with van der Waals surface area (Å²) in [5, 5.41) is 8.77. The van der Waals surface area contributed by atoms with Gasteiger partial charge in [-0.2, -0.15) is 0 Å². The van der Waals surface area contributed by atoms with E-state index in [9.17, 15) is 4.79 Å². The number of epoxide rings is 1. The van der Waals surface area contributed by atoms with Crippen LogP contribution in [0.2, 0.25) is 0 Å². The average Bonchev–Trinajstić information content (AvgIpc) is 3.00. The molecule has 1 aliphatic rings. The van der Waals surface area contributed by atoms with Crippen molar-refractivity contribution < 1.29 is 14.6 Å². The Bertz CT molecular complexity index is 229. The first-order chi connectivity index (χ1) is 7.24. The van der Waals surface area contributed by atoms with E-state index in [-0.39, 0.29) is 0 Å². The highest BCUT2D eigenvalue weighted by molar-refractivity contribution is 5.86. The molecular weight excluding hydrogens is 192 g/mol. The largest absolute Gasteiger partial charge is 0.478 e. The van der Waals surface area contributed by atoms with Gasteiger partial charge in [0.25, 0.3) is 0 Å². The van der Waals surface area contributed by atoms with Crippen LogP contribution in [0, 0.1) is 0 Å². The molecule has 1 saturated heterocycles. The summed E-state index contributed by atoms with van der Waals surface area (Å²) >= 11 is 0. The standard InChI is InChI=1S/C12H20O3/c1-2-10(12(13)14)7-5-3-4-6-8-11-9-15-11/h7,11H,2-6,8-9H2,1H3,(H,13,14). The molecule has 0 aliphatic carbocycles. The lowest BCUT2D eigenvalue weighted by Gasteiger charge is -1.99. The third-order valence-corrected chi connectivity index (χ3v) is 2.68. The van der Waals surface area contributed by atoms with Crippen molar-refractivity contribution in [3.05, 3.63) is 11.6 Å². The Morgan fingerprint density at radius 1 is 1.47 bits per heavy atom. The number of aliphatic carboxylic acids is 1. The molecule has 0 radical (unpaired) electrons. The molecule has 1 unspecified atom stereocenters. The molecule has 1 rings (SSSR count). The zero-order valence-corrected chi connectivity index (χ0v) is 9.37. The van der Waals surface area contributed by atoms with Crippen molar-refractivity contribution >= 4 is 5.97 Å². The Kier molecular flexibility index (Phi) is 5.40. The van der Waals surface area contributed by atoms with Crippen LogP contribution in [0.3, 0.4) is 0 Å². The van der Waals surface area contributed by atoms with Crippen LogP contribution in [0.15, 0.2) is 11.6 Å². The third-order valence-electron chi connectivity index (χ3n) is 2.68. The third kappa shape index (κ3) is 5.57. The van der Waals surface area contributed by atoms with E-state index in [0.717, 1.165) is 19.4 Å². The molecule has 0 amide bonds. The first-order valence-corrected chi connectivity index (χ1v) is 5.78. The van der Waals surface area contributed by atoms with Crippen molar-refractivity contribution in [2.24, 2.45) is 0 Å². The van der Waals surface area contributed by atoms with Crippen LogP contribution < -0.4 is 0 Å². The number of allylic oxidation sites excluding steroid dienone is 1. The highest BCUT2D eigenvalue weighted by Gasteiger charge is 2.20. The molecular formula is C12H20O3. The second kappa shape index (κ2) is 6.62. The zero-order valence-electron chi connectivity index (χ0n) is 9.37. The molecule has 0 aromatic carbocycles. The summed E-state index contributed by atoms with van der Waals surface area (Å²) in [4.78, 5) is 10.7. The highest BCUT2D eigenvalue weighted by atomic mass is 16.6. The molecule has 1 aliphatic heterocycles. The smallest absolute Gasteiger partial charge is 0.331 e. The van der Waals surface area contributed by atoms with Gasteiger partial charge in [-0.05, 0) is 25.7 Å². The van der Waals surface area contributed by atoms with Gasteiger partial charge in [0.15, 0.2) is 0 Å². The number of carbonyl (C=O) groups is 1. The number of hydrogen-bond acceptors (Lipinski definition) is 2. The Balaban J connectivity index is 2.00. The van der Waals surface area contributed by atoms with E-state index < -0.39 is 5.97 Å². The van der Waals surface area contributed by atoms with E-state index in [4.69, 9.17) is 9.84 Å². The Morgan fingerprint density at radius 3 is 2.73 bits per heavy atom. The Morgan fingerprint density at radius 2 is 2.20 bits per heavy atom. The lowest BCUT2D eigenvalue weighted by atomic mass is 10.1. The molecule has 0 spiro atoms. The number of unbranched alkanes of at least 4 members (excludes halogenated alkanes) is 3. The monoisotopic (exact) mass is 212 g/mol. The molecule has 1 N–H and O–H groups in total. The summed E-state index contributed by atoms with van der Waals surface area (Å²) in [5.41, 5.74) is 0.542. The lowest BCUT2D eigenvalue weighted by molar-refractivity contribution is -0.132. The molecule has 1 atom stereocenters. The molecule has 0 aromatic rings. The maximum Gasteiger partial charge on any atom is 0.331 e. The van der Waals surface area contributed by atoms with Crippen LogP contribution in [0.1, 0.15) is 45.4 Å². The molecule has 86 valence electrons. The van der Waals surface area contributed by atoms with Crippen LogP contribution in [-0.2, 0) is 9.53 Å². The Labute approximate surface area is 91.1 Å². The van der Waals surface area contributed by atoms with Gasteiger partial charge in [-0.3, -0.25) is 0 Å². The quantitative estimate of drug-likeness (QED) is 0.382. The first kappa shape index (κ1) is 12.2. The molecule has 0 bridgehead atoms. The minimum absolute atomic E-state index is 0.533. The van der Waals surface area contributed by atoms with Gasteiger partial charge in [0.2, 0.25) is 0 Å². The van der Waals surface area contributed by atoms with Gasteiger partial charge in [-0.1, -0.05) is 25.8 Å². The predicted octanol–water partition coefficient (Wildman–Crippen LogP) is 2.76. The minimum Gasteiger partial charge on any atom is -0.478 e. The lowest BCUT2D eigenvalue weighted by Crippen LogP contribution is -1.98. The van der Waals surface area contributed by atoms with Crippen molar-refractivity contribution in [2.75, 3.05) is 6.61 Å². The van der Waals surface area contributed by atoms with E-state index in [1.165, 1.54) is 19.3 Å². The summed E-state index contributed by atoms with van der Waals surface area (Å²) in [5.74, 6) is -0.774. The van der Waals surface area contributed by atoms with Gasteiger partial charge < -0.3 is 9.84 Å². The van der Waals surface area contributed by atoms with Crippen molar-refractivity contribution in [3.8, 4) is 0 Å². The molecule has 3 heteroatoms. The van der Waals surface area contributed by atoms with E-state index in [2.05, 4.69) is 0 Å². The molecule has 0 aromatic heterocycles. The van der Waals surface area contributed by atoms with Gasteiger partial charge in [0, 0.05) is 5.57 Å². The number of ether oxygens (including phenoxy) is 1. The van der Waals surface area contributed by atoms with Gasteiger partial charge in [-0.15, -0.1) is 0 Å².